The second-order valence-electron chi connectivity index (χ2n) is 23.2. The number of rotatable bonds is 22. The molecule has 0 atom stereocenters. The number of nitrogens with zero attached hydrogens (tertiary/aromatic N) is 4. The lowest BCUT2D eigenvalue weighted by Gasteiger charge is -2.35. The fourth-order valence-corrected chi connectivity index (χ4v) is 12.4. The number of hydrogen-bond donors (Lipinski definition) is 0. The van der Waals surface area contributed by atoms with Gasteiger partial charge in [-0.3, -0.25) is 0 Å². The molecule has 4 heterocycles. The van der Waals surface area contributed by atoms with Crippen LogP contribution in [0.2, 0.25) is 0 Å². The van der Waals surface area contributed by atoms with Gasteiger partial charge in [-0.1, -0.05) is 153 Å². The SMILES string of the molecule is CCCCCCC1(CCCCCC)c2cc3c(cc2-c2c1cc(B1OC(C)(C)C(C)(C)O1)c1nonc21)C(CCCCCC)(CCCCCC)c1cc(B2OC(C)(C)C(C)(C)O2)c2nonc2c1-3. The van der Waals surface area contributed by atoms with E-state index in [9.17, 15) is 0 Å². The van der Waals surface area contributed by atoms with Gasteiger partial charge in [0.05, 0.1) is 22.4 Å². The largest absolute Gasteiger partial charge is 0.497 e. The summed E-state index contributed by atoms with van der Waals surface area (Å²) in [5, 5.41) is 19.1. The molecule has 0 radical (unpaired) electrons. The standard InChI is InChI=1S/C56H80B2N4O6/c1-13-17-21-25-29-55(30-26-22-18-14-2)39-33-38-40(34-37(39)45-41(55)35-43(47-49(45)61-67-59-47)57-63-51(5,6)52(7,8)64-57)56(31-27-23-19-15-3,32-28-24-20-16-4)42-36-44(48-50(46(38)42)62-68-60-48)58-65-53(9,10)54(11,12)66-58/h33-36H,13-32H2,1-12H3. The van der Waals surface area contributed by atoms with Crippen LogP contribution in [-0.4, -0.2) is 57.3 Å². The van der Waals surface area contributed by atoms with Crippen molar-refractivity contribution >= 4 is 47.2 Å². The minimum Gasteiger partial charge on any atom is -0.399 e. The minimum atomic E-state index is -0.608. The molecule has 4 aliphatic rings. The molecule has 2 fully saturated rings. The molecule has 366 valence electrons. The van der Waals surface area contributed by atoms with Crippen LogP contribution >= 0.6 is 0 Å². The van der Waals surface area contributed by atoms with Crippen molar-refractivity contribution in [1.82, 2.24) is 20.6 Å². The molecule has 2 aromatic heterocycles. The van der Waals surface area contributed by atoms with Crippen molar-refractivity contribution < 1.29 is 27.9 Å². The topological polar surface area (TPSA) is 115 Å². The van der Waals surface area contributed by atoms with Crippen molar-refractivity contribution in [3.63, 3.8) is 0 Å². The number of hydrogen-bond acceptors (Lipinski definition) is 10. The Kier molecular flexibility index (Phi) is 13.7. The third kappa shape index (κ3) is 8.11. The molecule has 68 heavy (non-hydrogen) atoms. The second kappa shape index (κ2) is 18.9. The molecule has 0 spiro atoms. The van der Waals surface area contributed by atoms with Crippen LogP contribution < -0.4 is 10.9 Å². The molecule has 5 aromatic rings. The number of benzene rings is 3. The van der Waals surface area contributed by atoms with E-state index in [4.69, 9.17) is 38.2 Å². The van der Waals surface area contributed by atoms with Crippen LogP contribution in [-0.2, 0) is 29.4 Å². The van der Waals surface area contributed by atoms with Crippen molar-refractivity contribution in [3.8, 4) is 22.3 Å². The Hall–Kier alpha value is -3.57. The summed E-state index contributed by atoms with van der Waals surface area (Å²) in [6.07, 6.45) is 23.0. The Balaban J connectivity index is 1.33. The molecule has 2 aliphatic carbocycles. The van der Waals surface area contributed by atoms with Gasteiger partial charge < -0.3 is 18.6 Å². The summed E-state index contributed by atoms with van der Waals surface area (Å²) < 4.78 is 38.9. The Labute approximate surface area is 407 Å². The normalized spacial score (nSPS) is 19.9. The lowest BCUT2D eigenvalue weighted by atomic mass is 9.67. The van der Waals surface area contributed by atoms with E-state index in [-0.39, 0.29) is 10.8 Å². The highest BCUT2D eigenvalue weighted by molar-refractivity contribution is 6.65. The average Bonchev–Trinajstić information content (AvgIpc) is 4.14. The van der Waals surface area contributed by atoms with Crippen molar-refractivity contribution in [2.75, 3.05) is 0 Å². The van der Waals surface area contributed by atoms with Gasteiger partial charge in [-0.15, -0.1) is 0 Å². The molecule has 10 nitrogen and oxygen atoms in total. The smallest absolute Gasteiger partial charge is 0.399 e. The number of unbranched alkanes of at least 4 members (excludes halogenated alkanes) is 12. The molecule has 0 amide bonds. The van der Waals surface area contributed by atoms with Crippen LogP contribution in [0.15, 0.2) is 33.5 Å². The molecule has 3 aromatic carbocycles. The van der Waals surface area contributed by atoms with E-state index in [1.54, 1.807) is 0 Å². The van der Waals surface area contributed by atoms with Gasteiger partial charge in [0.1, 0.15) is 22.1 Å². The fraction of sp³-hybridized carbons (Fsp3) is 0.679. The van der Waals surface area contributed by atoms with Gasteiger partial charge in [0.2, 0.25) is 0 Å². The molecule has 0 saturated carbocycles. The van der Waals surface area contributed by atoms with Crippen molar-refractivity contribution in [2.24, 2.45) is 0 Å². The first-order valence-electron chi connectivity index (χ1n) is 27.0. The molecule has 2 aliphatic heterocycles. The molecule has 0 bridgehead atoms. The van der Waals surface area contributed by atoms with Gasteiger partial charge in [-0.2, -0.15) is 0 Å². The zero-order valence-corrected chi connectivity index (χ0v) is 43.8. The monoisotopic (exact) mass is 927 g/mol. The van der Waals surface area contributed by atoms with Gasteiger partial charge in [0.25, 0.3) is 0 Å². The maximum Gasteiger partial charge on any atom is 0.497 e. The van der Waals surface area contributed by atoms with E-state index in [1.807, 2.05) is 0 Å². The lowest BCUT2D eigenvalue weighted by molar-refractivity contribution is 0.00578. The fourth-order valence-electron chi connectivity index (χ4n) is 12.4. The average molecular weight is 927 g/mol. The predicted molar refractivity (Wildman–Crippen MR) is 276 cm³/mol. The summed E-state index contributed by atoms with van der Waals surface area (Å²) in [6.45, 7) is 26.2. The van der Waals surface area contributed by atoms with Crippen molar-refractivity contribution in [3.05, 3.63) is 46.5 Å². The van der Waals surface area contributed by atoms with Crippen LogP contribution in [0.4, 0.5) is 0 Å². The molecular weight excluding hydrogens is 846 g/mol. The van der Waals surface area contributed by atoms with E-state index in [2.05, 4.69) is 118 Å². The molecule has 0 unspecified atom stereocenters. The summed E-state index contributed by atoms with van der Waals surface area (Å²) in [5.41, 5.74) is 12.5. The predicted octanol–water partition coefficient (Wildman–Crippen LogP) is 13.8. The Bertz CT molecular complexity index is 2380. The minimum absolute atomic E-state index is 0.288. The van der Waals surface area contributed by atoms with E-state index in [0.29, 0.717) is 0 Å². The highest BCUT2D eigenvalue weighted by Gasteiger charge is 2.56. The van der Waals surface area contributed by atoms with E-state index < -0.39 is 36.6 Å². The Morgan fingerprint density at radius 3 is 0.956 bits per heavy atom. The summed E-state index contributed by atoms with van der Waals surface area (Å²) in [6, 6.07) is 10.0. The molecule has 0 N–H and O–H groups in total. The number of aromatic nitrogens is 4. The van der Waals surface area contributed by atoms with Gasteiger partial charge in [-0.25, -0.2) is 9.26 Å². The molecule has 12 heteroatoms. The highest BCUT2D eigenvalue weighted by Crippen LogP contribution is 2.62. The van der Waals surface area contributed by atoms with Gasteiger partial charge in [0, 0.05) is 32.9 Å². The molecule has 2 saturated heterocycles. The first-order chi connectivity index (χ1) is 32.5. The van der Waals surface area contributed by atoms with Crippen LogP contribution in [0.5, 0.6) is 0 Å². The first kappa shape index (κ1) is 49.4. The third-order valence-corrected chi connectivity index (χ3v) is 17.7. The zero-order valence-electron chi connectivity index (χ0n) is 43.8. The van der Waals surface area contributed by atoms with Crippen molar-refractivity contribution in [2.45, 2.75) is 245 Å². The van der Waals surface area contributed by atoms with Crippen molar-refractivity contribution in [1.29, 1.82) is 0 Å². The molecule has 9 rings (SSSR count). The quantitative estimate of drug-likeness (QED) is 0.0491. The first-order valence-corrected chi connectivity index (χ1v) is 27.0. The molecular formula is C56H80B2N4O6. The third-order valence-electron chi connectivity index (χ3n) is 17.7. The Morgan fingerprint density at radius 1 is 0.368 bits per heavy atom. The summed E-state index contributed by atoms with van der Waals surface area (Å²) >= 11 is 0. The summed E-state index contributed by atoms with van der Waals surface area (Å²) in [7, 11) is -1.22. The highest BCUT2D eigenvalue weighted by atomic mass is 16.7. The van der Waals surface area contributed by atoms with Gasteiger partial charge in [-0.05, 0) is 137 Å². The van der Waals surface area contributed by atoms with Crippen LogP contribution in [0.1, 0.15) is 234 Å². The Morgan fingerprint density at radius 2 is 0.662 bits per heavy atom. The second-order valence-corrected chi connectivity index (χ2v) is 23.2. The van der Waals surface area contributed by atoms with E-state index in [1.165, 1.54) is 122 Å². The van der Waals surface area contributed by atoms with Crippen LogP contribution in [0.25, 0.3) is 44.3 Å². The van der Waals surface area contributed by atoms with Gasteiger partial charge in [0.15, 0.2) is 0 Å². The van der Waals surface area contributed by atoms with Gasteiger partial charge >= 0.3 is 14.2 Å². The zero-order chi connectivity index (χ0) is 48.3. The van der Waals surface area contributed by atoms with Crippen LogP contribution in [0.3, 0.4) is 0 Å². The lowest BCUT2D eigenvalue weighted by Crippen LogP contribution is -2.41. The maximum atomic E-state index is 6.83. The summed E-state index contributed by atoms with van der Waals surface area (Å²) in [4.78, 5) is 0. The van der Waals surface area contributed by atoms with E-state index in [0.717, 1.165) is 84.4 Å². The van der Waals surface area contributed by atoms with Crippen LogP contribution in [0, 0.1) is 0 Å². The maximum absolute atomic E-state index is 6.83. The summed E-state index contributed by atoms with van der Waals surface area (Å²) in [5.74, 6) is 0. The van der Waals surface area contributed by atoms with E-state index >= 15 is 0 Å². The number of fused-ring (bicyclic) bond motifs is 10.